The van der Waals surface area contributed by atoms with Gasteiger partial charge in [-0.2, -0.15) is 11.8 Å². The van der Waals surface area contributed by atoms with Crippen molar-refractivity contribution in [3.05, 3.63) is 35.6 Å². The van der Waals surface area contributed by atoms with Crippen LogP contribution in [0.1, 0.15) is 41.8 Å². The first-order valence-corrected chi connectivity index (χ1v) is 8.54. The Bertz CT molecular complexity index is 632. The van der Waals surface area contributed by atoms with Gasteiger partial charge >= 0.3 is 0 Å². The van der Waals surface area contributed by atoms with E-state index in [1.807, 2.05) is 36.0 Å². The highest BCUT2D eigenvalue weighted by Gasteiger charge is 2.21. The molecule has 1 saturated carbocycles. The maximum atomic E-state index is 12.0. The number of nitrogens with one attached hydrogen (secondary N) is 1. The number of carbonyl (C=O) groups is 1. The summed E-state index contributed by atoms with van der Waals surface area (Å²) in [5.74, 6) is 8.43. The summed E-state index contributed by atoms with van der Waals surface area (Å²) in [6.45, 7) is 0. The number of hydrogen-bond acceptors (Lipinski definition) is 4. The minimum absolute atomic E-state index is 0.281. The van der Waals surface area contributed by atoms with E-state index in [1.54, 1.807) is 0 Å². The maximum Gasteiger partial charge on any atom is 0.269 e. The molecule has 1 amide bonds. The smallest absolute Gasteiger partial charge is 0.269 e. The van der Waals surface area contributed by atoms with Crippen LogP contribution in [0.4, 0.5) is 0 Å². The molecule has 4 nitrogen and oxygen atoms in total. The largest absolute Gasteiger partial charge is 0.459 e. The van der Waals surface area contributed by atoms with Crippen LogP contribution in [-0.4, -0.2) is 11.7 Å². The summed E-state index contributed by atoms with van der Waals surface area (Å²) in [6.07, 6.45) is 5.39. The van der Waals surface area contributed by atoms with E-state index in [1.165, 1.54) is 25.7 Å². The summed E-state index contributed by atoms with van der Waals surface area (Å²) in [5.41, 5.74) is 3.54. The van der Waals surface area contributed by atoms with Gasteiger partial charge in [-0.3, -0.25) is 10.2 Å². The van der Waals surface area contributed by atoms with Crippen LogP contribution in [-0.2, 0) is 5.75 Å². The number of hydrogen-bond donors (Lipinski definition) is 2. The summed E-state index contributed by atoms with van der Waals surface area (Å²) in [6, 6.07) is 7.59. The molecule has 0 saturated heterocycles. The summed E-state index contributed by atoms with van der Waals surface area (Å²) in [5, 5.41) is 0.830. The van der Waals surface area contributed by atoms with Crippen molar-refractivity contribution in [2.75, 3.05) is 5.75 Å². The first-order valence-electron chi connectivity index (χ1n) is 7.38. The molecule has 21 heavy (non-hydrogen) atoms. The highest BCUT2D eigenvalue weighted by molar-refractivity contribution is 7.98. The summed E-state index contributed by atoms with van der Waals surface area (Å²) >= 11 is 1.85. The number of benzene rings is 1. The van der Waals surface area contributed by atoms with Crippen LogP contribution in [0.2, 0.25) is 0 Å². The van der Waals surface area contributed by atoms with Gasteiger partial charge in [0.25, 0.3) is 5.91 Å². The maximum absolute atomic E-state index is 12.0. The lowest BCUT2D eigenvalue weighted by atomic mass is 10.1. The van der Waals surface area contributed by atoms with Crippen molar-refractivity contribution in [2.24, 2.45) is 11.8 Å². The number of thioether (sulfide) groups is 1. The molecular weight excluding hydrogens is 284 g/mol. The van der Waals surface area contributed by atoms with Crippen molar-refractivity contribution >= 4 is 28.6 Å². The highest BCUT2D eigenvalue weighted by Crippen LogP contribution is 2.32. The molecule has 0 unspecified atom stereocenters. The number of rotatable bonds is 5. The number of para-hydroxylation sites is 1. The lowest BCUT2D eigenvalue weighted by Gasteiger charge is -2.07. The third-order valence-corrected chi connectivity index (χ3v) is 5.26. The quantitative estimate of drug-likeness (QED) is 0.504. The summed E-state index contributed by atoms with van der Waals surface area (Å²) in [4.78, 5) is 12.0. The van der Waals surface area contributed by atoms with Crippen molar-refractivity contribution in [1.29, 1.82) is 0 Å². The van der Waals surface area contributed by atoms with E-state index in [4.69, 9.17) is 10.3 Å². The summed E-state index contributed by atoms with van der Waals surface area (Å²) < 4.78 is 5.85. The number of furan rings is 1. The van der Waals surface area contributed by atoms with E-state index in [9.17, 15) is 4.79 Å². The van der Waals surface area contributed by atoms with Gasteiger partial charge in [-0.1, -0.05) is 31.0 Å². The van der Waals surface area contributed by atoms with Gasteiger partial charge in [-0.15, -0.1) is 0 Å². The molecule has 5 heteroatoms. The lowest BCUT2D eigenvalue weighted by Crippen LogP contribution is -2.30. The average Bonchev–Trinajstić information content (AvgIpc) is 3.13. The molecule has 1 aliphatic carbocycles. The molecular formula is C16H20N2O2S. The van der Waals surface area contributed by atoms with Gasteiger partial charge in [0.15, 0.2) is 0 Å². The monoisotopic (exact) mass is 304 g/mol. The molecule has 1 aliphatic rings. The first kappa shape index (κ1) is 14.5. The average molecular weight is 304 g/mol. The van der Waals surface area contributed by atoms with E-state index in [2.05, 4.69) is 5.43 Å². The Morgan fingerprint density at radius 2 is 2.10 bits per heavy atom. The third kappa shape index (κ3) is 3.09. The molecule has 1 heterocycles. The van der Waals surface area contributed by atoms with Crippen molar-refractivity contribution in [3.8, 4) is 0 Å². The number of amides is 1. The zero-order valence-corrected chi connectivity index (χ0v) is 12.7. The number of carbonyl (C=O) groups excluding carboxylic acids is 1. The highest BCUT2D eigenvalue weighted by atomic mass is 32.2. The molecule has 3 rings (SSSR count). The Hall–Kier alpha value is -1.46. The zero-order valence-electron chi connectivity index (χ0n) is 11.9. The Morgan fingerprint density at radius 3 is 2.86 bits per heavy atom. The fraction of sp³-hybridized carbons (Fsp3) is 0.438. The van der Waals surface area contributed by atoms with E-state index < -0.39 is 0 Å². The minimum Gasteiger partial charge on any atom is -0.459 e. The molecule has 0 bridgehead atoms. The van der Waals surface area contributed by atoms with Crippen LogP contribution < -0.4 is 11.3 Å². The SMILES string of the molecule is NNC(=O)c1c(CSCC2CCCC2)oc2ccccc12. The molecule has 0 atom stereocenters. The van der Waals surface area contributed by atoms with Crippen LogP contribution in [0, 0.1) is 5.92 Å². The van der Waals surface area contributed by atoms with Crippen LogP contribution in [0.3, 0.4) is 0 Å². The van der Waals surface area contributed by atoms with Gasteiger partial charge in [-0.05, 0) is 30.6 Å². The Morgan fingerprint density at radius 1 is 1.33 bits per heavy atom. The predicted octanol–water partition coefficient (Wildman–Crippen LogP) is 3.46. The molecule has 0 aliphatic heterocycles. The lowest BCUT2D eigenvalue weighted by molar-refractivity contribution is 0.0953. The van der Waals surface area contributed by atoms with E-state index in [0.29, 0.717) is 11.3 Å². The molecule has 0 radical (unpaired) electrons. The second-order valence-electron chi connectivity index (χ2n) is 5.54. The van der Waals surface area contributed by atoms with Gasteiger partial charge in [0.1, 0.15) is 11.3 Å². The van der Waals surface area contributed by atoms with E-state index in [-0.39, 0.29) is 5.91 Å². The fourth-order valence-electron chi connectivity index (χ4n) is 3.01. The molecule has 0 spiro atoms. The molecule has 112 valence electrons. The minimum atomic E-state index is -0.281. The molecule has 1 fully saturated rings. The van der Waals surface area contributed by atoms with Crippen molar-refractivity contribution in [1.82, 2.24) is 5.43 Å². The van der Waals surface area contributed by atoms with E-state index >= 15 is 0 Å². The normalized spacial score (nSPS) is 15.7. The standard InChI is InChI=1S/C16H20N2O2S/c17-18-16(19)15-12-7-3-4-8-13(12)20-14(15)10-21-9-11-5-1-2-6-11/h3-4,7-8,11H,1-2,5-6,9-10,17H2,(H,18,19). The third-order valence-electron chi connectivity index (χ3n) is 4.09. The van der Waals surface area contributed by atoms with E-state index in [0.717, 1.165) is 28.4 Å². The molecule has 3 N–H and O–H groups in total. The molecule has 2 aromatic rings. The van der Waals surface area contributed by atoms with Crippen LogP contribution in [0.5, 0.6) is 0 Å². The second-order valence-corrected chi connectivity index (χ2v) is 6.57. The number of fused-ring (bicyclic) bond motifs is 1. The number of nitrogens with two attached hydrogens (primary N) is 1. The van der Waals surface area contributed by atoms with Crippen LogP contribution in [0.15, 0.2) is 28.7 Å². The zero-order chi connectivity index (χ0) is 14.7. The Balaban J connectivity index is 1.78. The molecule has 1 aromatic heterocycles. The molecule has 1 aromatic carbocycles. The predicted molar refractivity (Wildman–Crippen MR) is 86.0 cm³/mol. The Kier molecular flexibility index (Phi) is 4.51. The number of hydrazine groups is 1. The fourth-order valence-corrected chi connectivity index (χ4v) is 4.19. The first-order chi connectivity index (χ1) is 10.3. The van der Waals surface area contributed by atoms with Gasteiger partial charge in [-0.25, -0.2) is 5.84 Å². The Labute approximate surface area is 128 Å². The van der Waals surface area contributed by atoms with Gasteiger partial charge in [0, 0.05) is 5.39 Å². The second kappa shape index (κ2) is 6.54. The number of nitrogen functional groups attached to an aromatic ring is 1. The van der Waals surface area contributed by atoms with Gasteiger partial charge in [0.2, 0.25) is 0 Å². The van der Waals surface area contributed by atoms with Crippen molar-refractivity contribution in [2.45, 2.75) is 31.4 Å². The topological polar surface area (TPSA) is 68.3 Å². The van der Waals surface area contributed by atoms with Crippen molar-refractivity contribution in [3.63, 3.8) is 0 Å². The summed E-state index contributed by atoms with van der Waals surface area (Å²) in [7, 11) is 0. The van der Waals surface area contributed by atoms with Crippen LogP contribution in [0.25, 0.3) is 11.0 Å². The van der Waals surface area contributed by atoms with Gasteiger partial charge in [0.05, 0.1) is 11.3 Å². The van der Waals surface area contributed by atoms with Crippen molar-refractivity contribution < 1.29 is 9.21 Å². The van der Waals surface area contributed by atoms with Crippen LogP contribution >= 0.6 is 11.8 Å². The van der Waals surface area contributed by atoms with Gasteiger partial charge < -0.3 is 4.42 Å².